The maximum atomic E-state index is 10.9. The van der Waals surface area contributed by atoms with Crippen molar-refractivity contribution in [3.8, 4) is 0 Å². The van der Waals surface area contributed by atoms with E-state index in [0.29, 0.717) is 12.3 Å². The highest BCUT2D eigenvalue weighted by molar-refractivity contribution is 5.71. The fourth-order valence-corrected chi connectivity index (χ4v) is 2.45. The summed E-state index contributed by atoms with van der Waals surface area (Å²) in [6, 6.07) is 0. The average molecular weight is 199 g/mol. The Morgan fingerprint density at radius 2 is 1.64 bits per heavy atom. The quantitative estimate of drug-likeness (QED) is 0.681. The highest BCUT2D eigenvalue weighted by Crippen LogP contribution is 2.37. The third kappa shape index (κ3) is 4.64. The zero-order valence-electron chi connectivity index (χ0n) is 10.3. The van der Waals surface area contributed by atoms with Gasteiger partial charge >= 0.3 is 0 Å². The molecule has 84 valence electrons. The lowest BCUT2D eigenvalue weighted by molar-refractivity contribution is -0.318. The lowest BCUT2D eigenvalue weighted by Crippen LogP contribution is -2.41. The van der Waals surface area contributed by atoms with E-state index < -0.39 is 11.4 Å². The molecule has 0 fully saturated rings. The van der Waals surface area contributed by atoms with Crippen LogP contribution in [0.15, 0.2) is 0 Å². The molecular formula is C12H23O2-. The van der Waals surface area contributed by atoms with Gasteiger partial charge in [-0.25, -0.2) is 0 Å². The Hall–Kier alpha value is -0.530. The monoisotopic (exact) mass is 199 g/mol. The molecule has 0 bridgehead atoms. The molecule has 0 heterocycles. The van der Waals surface area contributed by atoms with Crippen LogP contribution in [0.3, 0.4) is 0 Å². The van der Waals surface area contributed by atoms with Gasteiger partial charge in [-0.3, -0.25) is 0 Å². The molecule has 0 amide bonds. The van der Waals surface area contributed by atoms with Gasteiger partial charge in [-0.2, -0.15) is 0 Å². The Labute approximate surface area is 87.7 Å². The van der Waals surface area contributed by atoms with E-state index in [0.717, 1.165) is 6.42 Å². The van der Waals surface area contributed by atoms with Crippen molar-refractivity contribution in [1.82, 2.24) is 0 Å². The summed E-state index contributed by atoms with van der Waals surface area (Å²) in [5.74, 6) is -0.350. The van der Waals surface area contributed by atoms with Crippen molar-refractivity contribution >= 4 is 5.97 Å². The number of rotatable bonds is 5. The summed E-state index contributed by atoms with van der Waals surface area (Å²) in [4.78, 5) is 10.9. The minimum atomic E-state index is -0.950. The molecule has 0 saturated heterocycles. The Balaban J connectivity index is 4.42. The van der Waals surface area contributed by atoms with E-state index in [1.807, 2.05) is 0 Å². The van der Waals surface area contributed by atoms with Gasteiger partial charge in [-0.15, -0.1) is 0 Å². The van der Waals surface area contributed by atoms with Crippen LogP contribution in [0.25, 0.3) is 0 Å². The SMILES string of the molecule is CC(C)CC(C)(C)CC(C)(C)C(=O)[O-]. The lowest BCUT2D eigenvalue weighted by Gasteiger charge is -2.36. The predicted octanol–water partition coefficient (Wildman–Crippen LogP) is 2.22. The van der Waals surface area contributed by atoms with E-state index in [1.165, 1.54) is 0 Å². The minimum Gasteiger partial charge on any atom is -0.550 e. The Morgan fingerprint density at radius 1 is 1.21 bits per heavy atom. The fourth-order valence-electron chi connectivity index (χ4n) is 2.45. The normalized spacial score (nSPS) is 13.4. The molecule has 0 spiro atoms. The van der Waals surface area contributed by atoms with Gasteiger partial charge in [-0.05, 0) is 24.2 Å². The van der Waals surface area contributed by atoms with E-state index in [9.17, 15) is 9.90 Å². The van der Waals surface area contributed by atoms with Crippen LogP contribution in [0.1, 0.15) is 54.4 Å². The molecule has 0 radical (unpaired) electrons. The number of carboxylic acid groups (broad SMARTS) is 1. The van der Waals surface area contributed by atoms with Crippen LogP contribution in [-0.2, 0) is 4.79 Å². The number of carbonyl (C=O) groups excluding carboxylic acids is 1. The topological polar surface area (TPSA) is 40.1 Å². The molecule has 2 heteroatoms. The molecule has 0 atom stereocenters. The molecule has 0 aliphatic rings. The first kappa shape index (κ1) is 13.5. The number of hydrogen-bond donors (Lipinski definition) is 0. The summed E-state index contributed by atoms with van der Waals surface area (Å²) < 4.78 is 0. The van der Waals surface area contributed by atoms with Crippen LogP contribution >= 0.6 is 0 Å². The fraction of sp³-hybridized carbons (Fsp3) is 0.917. The second-order valence-electron chi connectivity index (χ2n) is 6.11. The first-order valence-electron chi connectivity index (χ1n) is 5.28. The third-order valence-corrected chi connectivity index (χ3v) is 2.43. The highest BCUT2D eigenvalue weighted by Gasteiger charge is 2.30. The first-order chi connectivity index (χ1) is 6.07. The second kappa shape index (κ2) is 4.33. The van der Waals surface area contributed by atoms with Gasteiger partial charge in [-0.1, -0.05) is 41.5 Å². The third-order valence-electron chi connectivity index (χ3n) is 2.43. The van der Waals surface area contributed by atoms with E-state index in [1.54, 1.807) is 13.8 Å². The number of carbonyl (C=O) groups is 1. The van der Waals surface area contributed by atoms with Gasteiger partial charge in [0.25, 0.3) is 0 Å². The van der Waals surface area contributed by atoms with Crippen LogP contribution in [0.5, 0.6) is 0 Å². The average Bonchev–Trinajstić information content (AvgIpc) is 1.79. The summed E-state index contributed by atoms with van der Waals surface area (Å²) >= 11 is 0. The zero-order chi connectivity index (χ0) is 11.6. The molecular weight excluding hydrogens is 176 g/mol. The van der Waals surface area contributed by atoms with Gasteiger partial charge < -0.3 is 9.90 Å². The Kier molecular flexibility index (Phi) is 4.16. The van der Waals surface area contributed by atoms with Crippen molar-refractivity contribution in [2.45, 2.75) is 54.4 Å². The van der Waals surface area contributed by atoms with Crippen LogP contribution in [-0.4, -0.2) is 5.97 Å². The molecule has 0 rings (SSSR count). The van der Waals surface area contributed by atoms with Crippen LogP contribution in [0.4, 0.5) is 0 Å². The van der Waals surface area contributed by atoms with Crippen molar-refractivity contribution in [1.29, 1.82) is 0 Å². The second-order valence-corrected chi connectivity index (χ2v) is 6.11. The van der Waals surface area contributed by atoms with Gasteiger partial charge in [0, 0.05) is 11.4 Å². The lowest BCUT2D eigenvalue weighted by atomic mass is 9.71. The molecule has 0 aromatic carbocycles. The van der Waals surface area contributed by atoms with Crippen molar-refractivity contribution in [3.63, 3.8) is 0 Å². The smallest absolute Gasteiger partial charge is 0.0470 e. The summed E-state index contributed by atoms with van der Waals surface area (Å²) in [6.45, 7) is 12.0. The molecule has 2 nitrogen and oxygen atoms in total. The zero-order valence-corrected chi connectivity index (χ0v) is 10.3. The minimum absolute atomic E-state index is 0.0672. The van der Waals surface area contributed by atoms with Crippen LogP contribution in [0, 0.1) is 16.7 Å². The number of hydrogen-bond acceptors (Lipinski definition) is 2. The molecule has 0 aromatic rings. The van der Waals surface area contributed by atoms with E-state index in [4.69, 9.17) is 0 Å². The van der Waals surface area contributed by atoms with Crippen LogP contribution in [0.2, 0.25) is 0 Å². The largest absolute Gasteiger partial charge is 0.550 e. The maximum Gasteiger partial charge on any atom is 0.0470 e. The summed E-state index contributed by atoms with van der Waals surface area (Å²) in [6.07, 6.45) is 1.71. The molecule has 0 N–H and O–H groups in total. The first-order valence-corrected chi connectivity index (χ1v) is 5.28. The summed E-state index contributed by atoms with van der Waals surface area (Å²) in [7, 11) is 0. The molecule has 0 aromatic heterocycles. The maximum absolute atomic E-state index is 10.9. The molecule has 0 saturated carbocycles. The van der Waals surface area contributed by atoms with Crippen LogP contribution < -0.4 is 5.11 Å². The molecule has 0 unspecified atom stereocenters. The van der Waals surface area contributed by atoms with Crippen molar-refractivity contribution < 1.29 is 9.90 Å². The molecule has 14 heavy (non-hydrogen) atoms. The van der Waals surface area contributed by atoms with Gasteiger partial charge in [0.2, 0.25) is 0 Å². The molecule has 0 aliphatic carbocycles. The summed E-state index contributed by atoms with van der Waals surface area (Å²) in [5, 5.41) is 10.9. The van der Waals surface area contributed by atoms with Crippen molar-refractivity contribution in [2.24, 2.45) is 16.7 Å². The highest BCUT2D eigenvalue weighted by atomic mass is 16.4. The Morgan fingerprint density at radius 3 is 1.93 bits per heavy atom. The van der Waals surface area contributed by atoms with Crippen molar-refractivity contribution in [2.75, 3.05) is 0 Å². The van der Waals surface area contributed by atoms with Crippen molar-refractivity contribution in [3.05, 3.63) is 0 Å². The van der Waals surface area contributed by atoms with E-state index >= 15 is 0 Å². The van der Waals surface area contributed by atoms with E-state index in [2.05, 4.69) is 27.7 Å². The Bertz CT molecular complexity index is 202. The standard InChI is InChI=1S/C12H24O2/c1-9(2)7-11(3,4)8-12(5,6)10(13)14/h9H,7-8H2,1-6H3,(H,13,14)/p-1. The van der Waals surface area contributed by atoms with Gasteiger partial charge in [0.1, 0.15) is 0 Å². The predicted molar refractivity (Wildman–Crippen MR) is 56.6 cm³/mol. The number of aliphatic carboxylic acids is 1. The van der Waals surface area contributed by atoms with Gasteiger partial charge in [0.05, 0.1) is 0 Å². The van der Waals surface area contributed by atoms with E-state index in [-0.39, 0.29) is 5.41 Å². The van der Waals surface area contributed by atoms with Gasteiger partial charge in [0.15, 0.2) is 0 Å². The number of carboxylic acids is 1. The summed E-state index contributed by atoms with van der Waals surface area (Å²) in [5.41, 5.74) is -0.657. The molecule has 0 aliphatic heterocycles.